The second-order valence-electron chi connectivity index (χ2n) is 6.87. The Morgan fingerprint density at radius 1 is 1.26 bits per heavy atom. The lowest BCUT2D eigenvalue weighted by Gasteiger charge is -2.37. The second-order valence-corrected chi connectivity index (χ2v) is 6.87. The fourth-order valence-electron chi connectivity index (χ4n) is 2.99. The van der Waals surface area contributed by atoms with Gasteiger partial charge in [0.1, 0.15) is 5.76 Å². The van der Waals surface area contributed by atoms with Crippen LogP contribution in [-0.4, -0.2) is 11.0 Å². The average Bonchev–Trinajstić information content (AvgIpc) is 2.84. The van der Waals surface area contributed by atoms with Gasteiger partial charge in [0, 0.05) is 12.5 Å². The van der Waals surface area contributed by atoms with Gasteiger partial charge >= 0.3 is 0 Å². The molecule has 0 unspecified atom stereocenters. The molecule has 2 rings (SSSR count). The van der Waals surface area contributed by atoms with Crippen molar-refractivity contribution >= 4 is 0 Å². The van der Waals surface area contributed by atoms with Gasteiger partial charge in [-0.05, 0) is 37.0 Å². The highest BCUT2D eigenvalue weighted by Gasteiger charge is 2.29. The van der Waals surface area contributed by atoms with Gasteiger partial charge in [-0.1, -0.05) is 27.7 Å². The molecular weight excluding hydrogens is 236 g/mol. The van der Waals surface area contributed by atoms with Crippen molar-refractivity contribution in [3.05, 3.63) is 17.8 Å². The molecule has 0 spiro atoms. The van der Waals surface area contributed by atoms with Crippen LogP contribution < -0.4 is 5.32 Å². The molecule has 0 atom stereocenters. The van der Waals surface area contributed by atoms with Gasteiger partial charge in [0.05, 0.1) is 12.7 Å². The van der Waals surface area contributed by atoms with Gasteiger partial charge in [0.15, 0.2) is 0 Å². The Hall–Kier alpha value is -0.830. The molecule has 1 aliphatic carbocycles. The molecule has 1 aliphatic rings. The van der Waals surface area contributed by atoms with Crippen LogP contribution in [0.3, 0.4) is 0 Å². The maximum absolute atomic E-state index is 5.63. The number of oxazole rings is 1. The van der Waals surface area contributed by atoms with Crippen molar-refractivity contribution in [2.75, 3.05) is 0 Å². The lowest BCUT2D eigenvalue weighted by atomic mass is 9.71. The molecule has 0 saturated heterocycles. The van der Waals surface area contributed by atoms with E-state index in [1.54, 1.807) is 0 Å². The first kappa shape index (κ1) is 14.6. The van der Waals surface area contributed by atoms with Gasteiger partial charge in [0.25, 0.3) is 0 Å². The predicted octanol–water partition coefficient (Wildman–Crippen LogP) is 3.93. The Kier molecular flexibility index (Phi) is 4.67. The van der Waals surface area contributed by atoms with Crippen molar-refractivity contribution in [2.45, 2.75) is 72.4 Å². The zero-order valence-corrected chi connectivity index (χ0v) is 12.8. The van der Waals surface area contributed by atoms with Crippen LogP contribution >= 0.6 is 0 Å². The monoisotopic (exact) mass is 264 g/mol. The lowest BCUT2D eigenvalue weighted by molar-refractivity contribution is 0.158. The maximum atomic E-state index is 5.63. The van der Waals surface area contributed by atoms with Crippen LogP contribution in [0.2, 0.25) is 0 Å². The standard InChI is InChI=1S/C16H28N2O/c1-5-14-10-18-15(19-14)11-17-13-8-6-12(7-9-13)16(2,3)4/h10,12-13,17H,5-9,11H2,1-4H3. The van der Waals surface area contributed by atoms with Crippen molar-refractivity contribution in [1.29, 1.82) is 0 Å². The largest absolute Gasteiger partial charge is 0.444 e. The summed E-state index contributed by atoms with van der Waals surface area (Å²) in [6.07, 6.45) is 8.00. The number of rotatable bonds is 4. The molecule has 0 amide bonds. The van der Waals surface area contributed by atoms with E-state index in [-0.39, 0.29) is 0 Å². The maximum Gasteiger partial charge on any atom is 0.208 e. The summed E-state index contributed by atoms with van der Waals surface area (Å²) in [6, 6.07) is 0.635. The van der Waals surface area contributed by atoms with Crippen LogP contribution in [0.4, 0.5) is 0 Å². The van der Waals surface area contributed by atoms with E-state index in [0.29, 0.717) is 11.5 Å². The van der Waals surface area contributed by atoms with E-state index in [2.05, 4.69) is 38.0 Å². The molecule has 1 N–H and O–H groups in total. The Balaban J connectivity index is 1.74. The zero-order valence-electron chi connectivity index (χ0n) is 12.8. The fourth-order valence-corrected chi connectivity index (χ4v) is 2.99. The van der Waals surface area contributed by atoms with Crippen molar-refractivity contribution in [3.63, 3.8) is 0 Å². The lowest BCUT2D eigenvalue weighted by Crippen LogP contribution is -2.35. The van der Waals surface area contributed by atoms with E-state index < -0.39 is 0 Å². The molecule has 1 aromatic heterocycles. The highest BCUT2D eigenvalue weighted by Crippen LogP contribution is 2.37. The third kappa shape index (κ3) is 4.07. The molecule has 0 aromatic carbocycles. The summed E-state index contributed by atoms with van der Waals surface area (Å²) < 4.78 is 5.63. The molecule has 1 fully saturated rings. The second kappa shape index (κ2) is 6.08. The molecule has 1 heterocycles. The third-order valence-electron chi connectivity index (χ3n) is 4.44. The van der Waals surface area contributed by atoms with E-state index in [9.17, 15) is 0 Å². The van der Waals surface area contributed by atoms with Crippen molar-refractivity contribution in [1.82, 2.24) is 10.3 Å². The van der Waals surface area contributed by atoms with Gasteiger partial charge in [-0.25, -0.2) is 4.98 Å². The Labute approximate surface area is 117 Å². The minimum absolute atomic E-state index is 0.462. The van der Waals surface area contributed by atoms with Crippen molar-refractivity contribution in [2.24, 2.45) is 11.3 Å². The van der Waals surface area contributed by atoms with Gasteiger partial charge < -0.3 is 9.73 Å². The first-order valence-electron chi connectivity index (χ1n) is 7.66. The Morgan fingerprint density at radius 3 is 2.47 bits per heavy atom. The first-order chi connectivity index (χ1) is 8.99. The summed E-state index contributed by atoms with van der Waals surface area (Å²) >= 11 is 0. The SMILES string of the molecule is CCc1cnc(CNC2CCC(C(C)(C)C)CC2)o1. The van der Waals surface area contributed by atoms with Gasteiger partial charge in [0.2, 0.25) is 5.89 Å². The molecule has 3 heteroatoms. The van der Waals surface area contributed by atoms with Crippen LogP contribution in [0, 0.1) is 11.3 Å². The molecule has 0 radical (unpaired) electrons. The van der Waals surface area contributed by atoms with E-state index in [0.717, 1.165) is 30.5 Å². The van der Waals surface area contributed by atoms with Crippen LogP contribution in [0.15, 0.2) is 10.6 Å². The third-order valence-corrected chi connectivity index (χ3v) is 4.44. The normalized spacial score (nSPS) is 24.6. The minimum Gasteiger partial charge on any atom is -0.444 e. The summed E-state index contributed by atoms with van der Waals surface area (Å²) in [5, 5.41) is 3.59. The van der Waals surface area contributed by atoms with Gasteiger partial charge in [-0.15, -0.1) is 0 Å². The van der Waals surface area contributed by atoms with Crippen LogP contribution in [0.5, 0.6) is 0 Å². The molecular formula is C16H28N2O. The summed E-state index contributed by atoms with van der Waals surface area (Å²) in [7, 11) is 0. The molecule has 3 nitrogen and oxygen atoms in total. The van der Waals surface area contributed by atoms with Gasteiger partial charge in [-0.3, -0.25) is 0 Å². The Bertz CT molecular complexity index is 384. The number of nitrogens with one attached hydrogen (secondary N) is 1. The van der Waals surface area contributed by atoms with Crippen molar-refractivity contribution < 1.29 is 4.42 Å². The smallest absolute Gasteiger partial charge is 0.208 e. The zero-order chi connectivity index (χ0) is 13.9. The highest BCUT2D eigenvalue weighted by molar-refractivity contribution is 4.94. The van der Waals surface area contributed by atoms with Crippen LogP contribution in [-0.2, 0) is 13.0 Å². The molecule has 1 saturated carbocycles. The minimum atomic E-state index is 0.462. The molecule has 108 valence electrons. The number of aromatic nitrogens is 1. The van der Waals surface area contributed by atoms with E-state index in [4.69, 9.17) is 4.42 Å². The van der Waals surface area contributed by atoms with Crippen molar-refractivity contribution in [3.8, 4) is 0 Å². The molecule has 0 aliphatic heterocycles. The van der Waals surface area contributed by atoms with E-state index in [1.807, 2.05) is 6.20 Å². The summed E-state index contributed by atoms with van der Waals surface area (Å²) in [6.45, 7) is 9.95. The van der Waals surface area contributed by atoms with E-state index in [1.165, 1.54) is 25.7 Å². The first-order valence-corrected chi connectivity index (χ1v) is 7.66. The summed E-state index contributed by atoms with van der Waals surface area (Å²) in [5.41, 5.74) is 0.462. The molecule has 0 bridgehead atoms. The van der Waals surface area contributed by atoms with Gasteiger partial charge in [-0.2, -0.15) is 0 Å². The molecule has 1 aromatic rings. The topological polar surface area (TPSA) is 38.1 Å². The fraction of sp³-hybridized carbons (Fsp3) is 0.812. The number of nitrogens with zero attached hydrogens (tertiary/aromatic N) is 1. The summed E-state index contributed by atoms with van der Waals surface area (Å²) in [4.78, 5) is 4.30. The number of aryl methyl sites for hydroxylation is 1. The van der Waals surface area contributed by atoms with Crippen LogP contribution in [0.25, 0.3) is 0 Å². The molecule has 19 heavy (non-hydrogen) atoms. The van der Waals surface area contributed by atoms with E-state index >= 15 is 0 Å². The summed E-state index contributed by atoms with van der Waals surface area (Å²) in [5.74, 6) is 2.68. The quantitative estimate of drug-likeness (QED) is 0.895. The number of hydrogen-bond donors (Lipinski definition) is 1. The Morgan fingerprint density at radius 2 is 1.95 bits per heavy atom. The number of hydrogen-bond acceptors (Lipinski definition) is 3. The predicted molar refractivity (Wildman–Crippen MR) is 77.9 cm³/mol. The van der Waals surface area contributed by atoms with Crippen LogP contribution in [0.1, 0.15) is 65.0 Å². The highest BCUT2D eigenvalue weighted by atomic mass is 16.4. The average molecular weight is 264 g/mol.